The maximum atomic E-state index is 11.0. The van der Waals surface area contributed by atoms with E-state index in [4.69, 9.17) is 0 Å². The summed E-state index contributed by atoms with van der Waals surface area (Å²) >= 11 is 3.25. The average Bonchev–Trinajstić information content (AvgIpc) is 2.31. The van der Waals surface area contributed by atoms with Gasteiger partial charge in [-0.25, -0.2) is 0 Å². The number of hydrogen-bond donors (Lipinski definition) is 1. The summed E-state index contributed by atoms with van der Waals surface area (Å²) < 4.78 is 0.712. The Hall–Kier alpha value is -1.10. The van der Waals surface area contributed by atoms with Gasteiger partial charge in [-0.15, -0.1) is 0 Å². The van der Waals surface area contributed by atoms with Gasteiger partial charge in [0.1, 0.15) is 5.69 Å². The highest BCUT2D eigenvalue weighted by atomic mass is 79.9. The second kappa shape index (κ2) is 5.49. The molecule has 4 nitrogen and oxygen atoms in total. The predicted octanol–water partition coefficient (Wildman–Crippen LogP) is 4.35. The van der Waals surface area contributed by atoms with E-state index < -0.39 is 0 Å². The van der Waals surface area contributed by atoms with E-state index in [-0.39, 0.29) is 16.1 Å². The molecule has 0 bridgehead atoms. The molecule has 0 aliphatic heterocycles. The summed E-state index contributed by atoms with van der Waals surface area (Å²) in [5.74, 6) is 0. The van der Waals surface area contributed by atoms with Gasteiger partial charge in [-0.1, -0.05) is 29.8 Å². The van der Waals surface area contributed by atoms with Crippen LogP contribution in [0.4, 0.5) is 11.4 Å². The molecule has 0 fully saturated rings. The van der Waals surface area contributed by atoms with Gasteiger partial charge in [0.15, 0.2) is 0 Å². The molecule has 0 aromatic heterocycles. The van der Waals surface area contributed by atoms with Crippen molar-refractivity contribution in [2.24, 2.45) is 0 Å². The van der Waals surface area contributed by atoms with Crippen LogP contribution in [0.25, 0.3) is 0 Å². The van der Waals surface area contributed by atoms with Gasteiger partial charge in [0.25, 0.3) is 5.69 Å². The third kappa shape index (κ3) is 3.43. The molecule has 0 heterocycles. The van der Waals surface area contributed by atoms with Gasteiger partial charge in [0, 0.05) is 16.1 Å². The van der Waals surface area contributed by atoms with Crippen LogP contribution in [0.2, 0.25) is 0 Å². The Bertz CT molecular complexity index is 417. The summed E-state index contributed by atoms with van der Waals surface area (Å²) in [7, 11) is 0. The monoisotopic (exact) mass is 300 g/mol. The molecule has 0 amide bonds. The first-order chi connectivity index (χ1) is 7.91. The van der Waals surface area contributed by atoms with E-state index in [0.717, 1.165) is 12.8 Å². The molecule has 0 spiro atoms. The number of nitrogens with one attached hydrogen (secondary N) is 1. The van der Waals surface area contributed by atoms with Gasteiger partial charge in [0.2, 0.25) is 0 Å². The number of benzene rings is 1. The number of anilines is 1. The minimum atomic E-state index is -0.362. The zero-order chi connectivity index (χ0) is 13.1. The summed E-state index contributed by atoms with van der Waals surface area (Å²) in [6.45, 7) is 6.21. The second-order valence-electron chi connectivity index (χ2n) is 4.31. The molecule has 0 saturated carbocycles. The Morgan fingerprint density at radius 1 is 1.41 bits per heavy atom. The van der Waals surface area contributed by atoms with Crippen LogP contribution >= 0.6 is 15.9 Å². The van der Waals surface area contributed by atoms with Gasteiger partial charge in [-0.2, -0.15) is 0 Å². The average molecular weight is 301 g/mol. The summed E-state index contributed by atoms with van der Waals surface area (Å²) in [4.78, 5) is 10.6. The molecule has 1 rings (SSSR count). The number of rotatable bonds is 5. The molecule has 0 saturated heterocycles. The smallest absolute Gasteiger partial charge is 0.293 e. The number of nitro benzene ring substituents is 1. The van der Waals surface area contributed by atoms with Crippen molar-refractivity contribution in [3.63, 3.8) is 0 Å². The van der Waals surface area contributed by atoms with Crippen molar-refractivity contribution in [3.05, 3.63) is 32.8 Å². The largest absolute Gasteiger partial charge is 0.374 e. The van der Waals surface area contributed by atoms with E-state index in [0.29, 0.717) is 10.2 Å². The lowest BCUT2D eigenvalue weighted by molar-refractivity contribution is -0.384. The van der Waals surface area contributed by atoms with E-state index >= 15 is 0 Å². The van der Waals surface area contributed by atoms with E-state index in [1.807, 2.05) is 0 Å². The fraction of sp³-hybridized carbons (Fsp3) is 0.500. The summed E-state index contributed by atoms with van der Waals surface area (Å²) in [5.41, 5.74) is 0.565. The standard InChI is InChI=1S/C12H17BrN2O2/c1-4-12(3,5-2)14-10-7-6-9(13)8-11(10)15(16)17/h6-8,14H,4-5H2,1-3H3. The topological polar surface area (TPSA) is 55.2 Å². The van der Waals surface area contributed by atoms with E-state index in [9.17, 15) is 10.1 Å². The van der Waals surface area contributed by atoms with Gasteiger partial charge in [-0.05, 0) is 31.9 Å². The lowest BCUT2D eigenvalue weighted by atomic mass is 9.95. The predicted molar refractivity (Wildman–Crippen MR) is 73.4 cm³/mol. The van der Waals surface area contributed by atoms with E-state index in [2.05, 4.69) is 42.0 Å². The normalized spacial score (nSPS) is 11.3. The van der Waals surface area contributed by atoms with Crippen LogP contribution in [-0.2, 0) is 0 Å². The first-order valence-electron chi connectivity index (χ1n) is 5.64. The van der Waals surface area contributed by atoms with Crippen LogP contribution in [-0.4, -0.2) is 10.5 Å². The number of nitrogens with zero attached hydrogens (tertiary/aromatic N) is 1. The quantitative estimate of drug-likeness (QED) is 0.650. The van der Waals surface area contributed by atoms with Gasteiger partial charge in [0.05, 0.1) is 4.92 Å². The molecule has 0 atom stereocenters. The number of hydrogen-bond acceptors (Lipinski definition) is 3. The number of nitro groups is 1. The first kappa shape index (κ1) is 14.0. The van der Waals surface area contributed by atoms with Crippen LogP contribution in [0, 0.1) is 10.1 Å². The number of halogens is 1. The lowest BCUT2D eigenvalue weighted by Crippen LogP contribution is -2.33. The van der Waals surface area contributed by atoms with E-state index in [1.165, 1.54) is 6.07 Å². The molecule has 0 radical (unpaired) electrons. The maximum Gasteiger partial charge on any atom is 0.293 e. The van der Waals surface area contributed by atoms with Crippen molar-refractivity contribution >= 4 is 27.3 Å². The van der Waals surface area contributed by atoms with Gasteiger partial charge >= 0.3 is 0 Å². The Labute approximate surface area is 110 Å². The third-order valence-corrected chi connectivity index (χ3v) is 3.65. The SMILES string of the molecule is CCC(C)(CC)Nc1ccc(Br)cc1[N+](=O)[O-]. The fourth-order valence-corrected chi connectivity index (χ4v) is 1.86. The lowest BCUT2D eigenvalue weighted by Gasteiger charge is -2.29. The zero-order valence-corrected chi connectivity index (χ0v) is 11.9. The molecular weight excluding hydrogens is 284 g/mol. The molecule has 17 heavy (non-hydrogen) atoms. The maximum absolute atomic E-state index is 11.0. The molecule has 0 unspecified atom stereocenters. The molecule has 1 N–H and O–H groups in total. The zero-order valence-electron chi connectivity index (χ0n) is 10.3. The van der Waals surface area contributed by atoms with Crippen molar-refractivity contribution in [3.8, 4) is 0 Å². The van der Waals surface area contributed by atoms with Crippen molar-refractivity contribution in [2.75, 3.05) is 5.32 Å². The Morgan fingerprint density at radius 3 is 2.47 bits per heavy atom. The third-order valence-electron chi connectivity index (χ3n) is 3.15. The summed E-state index contributed by atoms with van der Waals surface area (Å²) in [6.07, 6.45) is 1.83. The highest BCUT2D eigenvalue weighted by Crippen LogP contribution is 2.31. The molecule has 1 aromatic carbocycles. The molecular formula is C12H17BrN2O2. The van der Waals surface area contributed by atoms with Crippen molar-refractivity contribution < 1.29 is 4.92 Å². The van der Waals surface area contributed by atoms with Crippen LogP contribution in [0.15, 0.2) is 22.7 Å². The Kier molecular flexibility index (Phi) is 4.51. The fourth-order valence-electron chi connectivity index (χ4n) is 1.51. The first-order valence-corrected chi connectivity index (χ1v) is 6.43. The molecule has 5 heteroatoms. The van der Waals surface area contributed by atoms with E-state index in [1.54, 1.807) is 12.1 Å². The van der Waals surface area contributed by atoms with Crippen LogP contribution in [0.3, 0.4) is 0 Å². The Morgan fingerprint density at radius 2 is 2.00 bits per heavy atom. The van der Waals surface area contributed by atoms with Crippen molar-refractivity contribution in [1.29, 1.82) is 0 Å². The summed E-state index contributed by atoms with van der Waals surface area (Å²) in [6, 6.07) is 5.07. The second-order valence-corrected chi connectivity index (χ2v) is 5.23. The molecule has 0 aliphatic carbocycles. The van der Waals surface area contributed by atoms with Crippen LogP contribution in [0.5, 0.6) is 0 Å². The Balaban J connectivity index is 3.10. The van der Waals surface area contributed by atoms with Gasteiger partial charge in [-0.3, -0.25) is 10.1 Å². The molecule has 0 aliphatic rings. The summed E-state index contributed by atoms with van der Waals surface area (Å²) in [5, 5.41) is 14.3. The highest BCUT2D eigenvalue weighted by molar-refractivity contribution is 9.10. The molecule has 1 aromatic rings. The van der Waals surface area contributed by atoms with Crippen molar-refractivity contribution in [1.82, 2.24) is 0 Å². The van der Waals surface area contributed by atoms with Crippen LogP contribution in [0.1, 0.15) is 33.6 Å². The minimum absolute atomic E-state index is 0.104. The highest BCUT2D eigenvalue weighted by Gasteiger charge is 2.23. The van der Waals surface area contributed by atoms with Gasteiger partial charge < -0.3 is 5.32 Å². The van der Waals surface area contributed by atoms with Crippen molar-refractivity contribution in [2.45, 2.75) is 39.2 Å². The van der Waals surface area contributed by atoms with Crippen LogP contribution < -0.4 is 5.32 Å². The molecule has 94 valence electrons. The minimum Gasteiger partial charge on any atom is -0.374 e.